The summed E-state index contributed by atoms with van der Waals surface area (Å²) in [5.74, 6) is 1.80. The van der Waals surface area contributed by atoms with Gasteiger partial charge in [0.2, 0.25) is 0 Å². The van der Waals surface area contributed by atoms with Crippen LogP contribution in [-0.4, -0.2) is 53.9 Å². The van der Waals surface area contributed by atoms with Crippen molar-refractivity contribution < 1.29 is 4.74 Å². The first-order valence-corrected chi connectivity index (χ1v) is 9.19. The second kappa shape index (κ2) is 9.85. The number of aryl methyl sites for hydroxylation is 2. The topological polar surface area (TPSA) is 54.7 Å². The Balaban J connectivity index is 1.88. The van der Waals surface area contributed by atoms with Crippen LogP contribution in [0.1, 0.15) is 23.9 Å². The van der Waals surface area contributed by atoms with E-state index < -0.39 is 0 Å². The summed E-state index contributed by atoms with van der Waals surface area (Å²) in [6.45, 7) is 9.21. The summed E-state index contributed by atoms with van der Waals surface area (Å²) < 4.78 is 7.71. The minimum Gasteiger partial charge on any atom is -0.492 e. The largest absolute Gasteiger partial charge is 0.492 e. The number of likely N-dealkylation sites (N-methyl/N-ethyl adjacent to an activating group) is 1. The number of aliphatic imine (C=N–C) groups is 1. The Hall–Kier alpha value is -2.50. The van der Waals surface area contributed by atoms with Crippen LogP contribution < -0.4 is 10.1 Å². The van der Waals surface area contributed by atoms with E-state index in [4.69, 9.17) is 9.73 Å². The monoisotopic (exact) mass is 357 g/mol. The van der Waals surface area contributed by atoms with Crippen LogP contribution in [-0.2, 0) is 13.5 Å². The highest BCUT2D eigenvalue weighted by molar-refractivity contribution is 5.79. The molecule has 0 aliphatic rings. The molecular weight excluding hydrogens is 326 g/mol. The molecular formula is C20H31N5O. The zero-order chi connectivity index (χ0) is 18.9. The fourth-order valence-electron chi connectivity index (χ4n) is 2.85. The predicted molar refractivity (Wildman–Crippen MR) is 107 cm³/mol. The highest BCUT2D eigenvalue weighted by atomic mass is 16.5. The van der Waals surface area contributed by atoms with Crippen LogP contribution in [0.25, 0.3) is 0 Å². The predicted octanol–water partition coefficient (Wildman–Crippen LogP) is 2.56. The first kappa shape index (κ1) is 19.8. The van der Waals surface area contributed by atoms with E-state index in [1.165, 1.54) is 11.3 Å². The number of hydrogen-bond acceptors (Lipinski definition) is 3. The van der Waals surface area contributed by atoms with Crippen molar-refractivity contribution in [3.05, 3.63) is 47.3 Å². The van der Waals surface area contributed by atoms with Gasteiger partial charge >= 0.3 is 0 Å². The van der Waals surface area contributed by atoms with Crippen molar-refractivity contribution in [2.45, 2.75) is 27.2 Å². The molecule has 0 radical (unpaired) electrons. The number of nitrogens with one attached hydrogen (secondary N) is 1. The third-order valence-electron chi connectivity index (χ3n) is 4.42. The molecule has 26 heavy (non-hydrogen) atoms. The molecule has 0 unspecified atom stereocenters. The lowest BCUT2D eigenvalue weighted by Gasteiger charge is -2.22. The van der Waals surface area contributed by atoms with Gasteiger partial charge in [-0.15, -0.1) is 0 Å². The van der Waals surface area contributed by atoms with Crippen LogP contribution >= 0.6 is 0 Å². The fraction of sp³-hybridized carbons (Fsp3) is 0.500. The van der Waals surface area contributed by atoms with Crippen molar-refractivity contribution in [2.24, 2.45) is 12.0 Å². The Morgan fingerprint density at radius 3 is 2.62 bits per heavy atom. The molecule has 0 saturated heterocycles. The highest BCUT2D eigenvalue weighted by Gasteiger charge is 2.10. The number of aromatic nitrogens is 2. The SMILES string of the molecule is CCNC(=NCCc1c(C)nn(C)c1C)N(C)CCOc1ccccc1. The van der Waals surface area contributed by atoms with E-state index in [2.05, 4.69) is 36.1 Å². The molecule has 6 heteroatoms. The van der Waals surface area contributed by atoms with Crippen molar-refractivity contribution in [1.82, 2.24) is 20.0 Å². The second-order valence-electron chi connectivity index (χ2n) is 6.34. The number of hydrogen-bond donors (Lipinski definition) is 1. The molecule has 1 aromatic heterocycles. The third-order valence-corrected chi connectivity index (χ3v) is 4.42. The smallest absolute Gasteiger partial charge is 0.193 e. The van der Waals surface area contributed by atoms with Gasteiger partial charge in [-0.3, -0.25) is 9.67 Å². The van der Waals surface area contributed by atoms with Crippen LogP contribution in [0.2, 0.25) is 0 Å². The van der Waals surface area contributed by atoms with Gasteiger partial charge in [-0.1, -0.05) is 18.2 Å². The standard InChI is InChI=1S/C20H31N5O/c1-6-21-20(22-13-12-19-16(2)23-25(5)17(19)3)24(4)14-15-26-18-10-8-7-9-11-18/h7-11H,6,12-15H2,1-5H3,(H,21,22). The number of para-hydroxylation sites is 1. The second-order valence-corrected chi connectivity index (χ2v) is 6.34. The molecule has 1 aromatic carbocycles. The van der Waals surface area contributed by atoms with Crippen molar-refractivity contribution >= 4 is 5.96 Å². The Morgan fingerprint density at radius 2 is 2.00 bits per heavy atom. The maximum Gasteiger partial charge on any atom is 0.193 e. The summed E-state index contributed by atoms with van der Waals surface area (Å²) in [7, 11) is 4.02. The van der Waals surface area contributed by atoms with Crippen molar-refractivity contribution in [3.8, 4) is 5.75 Å². The van der Waals surface area contributed by atoms with Gasteiger partial charge in [-0.25, -0.2) is 0 Å². The molecule has 0 saturated carbocycles. The summed E-state index contributed by atoms with van der Waals surface area (Å²) >= 11 is 0. The summed E-state index contributed by atoms with van der Waals surface area (Å²) in [4.78, 5) is 6.87. The maximum atomic E-state index is 5.78. The van der Waals surface area contributed by atoms with E-state index in [0.717, 1.165) is 43.5 Å². The molecule has 0 spiro atoms. The van der Waals surface area contributed by atoms with E-state index in [9.17, 15) is 0 Å². The number of nitrogens with zero attached hydrogens (tertiary/aromatic N) is 4. The molecule has 6 nitrogen and oxygen atoms in total. The molecule has 0 bridgehead atoms. The lowest BCUT2D eigenvalue weighted by atomic mass is 10.1. The number of guanidine groups is 1. The lowest BCUT2D eigenvalue weighted by Crippen LogP contribution is -2.41. The molecule has 0 atom stereocenters. The molecule has 1 heterocycles. The Labute approximate surface area is 156 Å². The van der Waals surface area contributed by atoms with Gasteiger partial charge in [0.05, 0.1) is 12.2 Å². The fourth-order valence-corrected chi connectivity index (χ4v) is 2.85. The molecule has 2 aromatic rings. The van der Waals surface area contributed by atoms with E-state index in [1.54, 1.807) is 0 Å². The average molecular weight is 358 g/mol. The van der Waals surface area contributed by atoms with Crippen molar-refractivity contribution in [1.29, 1.82) is 0 Å². The molecule has 1 N–H and O–H groups in total. The van der Waals surface area contributed by atoms with E-state index in [0.29, 0.717) is 6.61 Å². The van der Waals surface area contributed by atoms with Crippen LogP contribution in [0.3, 0.4) is 0 Å². The summed E-state index contributed by atoms with van der Waals surface area (Å²) in [5, 5.41) is 7.83. The lowest BCUT2D eigenvalue weighted by molar-refractivity contribution is 0.281. The highest BCUT2D eigenvalue weighted by Crippen LogP contribution is 2.12. The Kier molecular flexibility index (Phi) is 7.51. The molecule has 0 aliphatic heterocycles. The minimum absolute atomic E-state index is 0.617. The van der Waals surface area contributed by atoms with Crippen LogP contribution in [0, 0.1) is 13.8 Å². The Bertz CT molecular complexity index is 708. The van der Waals surface area contributed by atoms with Gasteiger partial charge in [-0.05, 0) is 44.9 Å². The van der Waals surface area contributed by atoms with Gasteiger partial charge in [0.1, 0.15) is 12.4 Å². The quantitative estimate of drug-likeness (QED) is 0.583. The Morgan fingerprint density at radius 1 is 1.27 bits per heavy atom. The average Bonchev–Trinajstić information content (AvgIpc) is 2.87. The van der Waals surface area contributed by atoms with Gasteiger partial charge in [-0.2, -0.15) is 5.10 Å². The molecule has 0 fully saturated rings. The van der Waals surface area contributed by atoms with E-state index >= 15 is 0 Å². The van der Waals surface area contributed by atoms with E-state index in [1.807, 2.05) is 49.1 Å². The molecule has 2 rings (SSSR count). The molecule has 0 aliphatic carbocycles. The zero-order valence-electron chi connectivity index (χ0n) is 16.6. The first-order chi connectivity index (χ1) is 12.5. The summed E-state index contributed by atoms with van der Waals surface area (Å²) in [6, 6.07) is 9.89. The normalized spacial score (nSPS) is 11.5. The van der Waals surface area contributed by atoms with Gasteiger partial charge in [0.25, 0.3) is 0 Å². The molecule has 142 valence electrons. The van der Waals surface area contributed by atoms with Crippen molar-refractivity contribution in [2.75, 3.05) is 33.3 Å². The van der Waals surface area contributed by atoms with Crippen molar-refractivity contribution in [3.63, 3.8) is 0 Å². The van der Waals surface area contributed by atoms with Gasteiger partial charge < -0.3 is 15.0 Å². The summed E-state index contributed by atoms with van der Waals surface area (Å²) in [5.41, 5.74) is 3.60. The molecule has 0 amide bonds. The van der Waals surface area contributed by atoms with Crippen LogP contribution in [0.5, 0.6) is 5.75 Å². The van der Waals surface area contributed by atoms with Crippen LogP contribution in [0.15, 0.2) is 35.3 Å². The third kappa shape index (κ3) is 5.51. The minimum atomic E-state index is 0.617. The summed E-state index contributed by atoms with van der Waals surface area (Å²) in [6.07, 6.45) is 0.898. The van der Waals surface area contributed by atoms with E-state index in [-0.39, 0.29) is 0 Å². The zero-order valence-corrected chi connectivity index (χ0v) is 16.6. The van der Waals surface area contributed by atoms with Gasteiger partial charge in [0.15, 0.2) is 5.96 Å². The number of benzene rings is 1. The maximum absolute atomic E-state index is 5.78. The number of ether oxygens (including phenoxy) is 1. The van der Waals surface area contributed by atoms with Crippen LogP contribution in [0.4, 0.5) is 0 Å². The first-order valence-electron chi connectivity index (χ1n) is 9.19. The number of rotatable bonds is 8. The van der Waals surface area contributed by atoms with Gasteiger partial charge in [0, 0.05) is 32.9 Å².